The molecule has 1 fully saturated rings. The van der Waals surface area contributed by atoms with Crippen LogP contribution in [-0.2, 0) is 10.8 Å². The average Bonchev–Trinajstić information content (AvgIpc) is 2.82. The molecule has 1 aromatic carbocycles. The zero-order valence-corrected chi connectivity index (χ0v) is 15.2. The quantitative estimate of drug-likeness (QED) is 0.514. The van der Waals surface area contributed by atoms with Gasteiger partial charge in [-0.25, -0.2) is 0 Å². The van der Waals surface area contributed by atoms with E-state index in [4.69, 9.17) is 0 Å². The highest BCUT2D eigenvalue weighted by molar-refractivity contribution is 5.60. The Labute approximate surface area is 148 Å². The third-order valence-corrected chi connectivity index (χ3v) is 6.72. The first-order chi connectivity index (χ1) is 11.5. The topological polar surface area (TPSA) is 80.9 Å². The second-order valence-electron chi connectivity index (χ2n) is 9.38. The van der Waals surface area contributed by atoms with Gasteiger partial charge in [-0.2, -0.15) is 0 Å². The van der Waals surface area contributed by atoms with E-state index >= 15 is 0 Å². The smallest absolute Gasteiger partial charge is 0.157 e. The van der Waals surface area contributed by atoms with Crippen LogP contribution in [0.15, 0.2) is 35.3 Å². The Balaban J connectivity index is 2.01. The number of allylic oxidation sites excluding steroid dienone is 3. The van der Waals surface area contributed by atoms with E-state index in [0.717, 1.165) is 29.5 Å². The van der Waals surface area contributed by atoms with Crippen LogP contribution in [0.3, 0.4) is 0 Å². The number of hydrogen-bond acceptors (Lipinski definition) is 4. The van der Waals surface area contributed by atoms with Gasteiger partial charge in [0.15, 0.2) is 17.3 Å². The molecule has 3 aliphatic rings. The molecule has 3 aliphatic carbocycles. The highest BCUT2D eigenvalue weighted by atomic mass is 16.3. The molecule has 4 N–H and O–H groups in total. The molecule has 0 saturated heterocycles. The van der Waals surface area contributed by atoms with Crippen LogP contribution >= 0.6 is 0 Å². The van der Waals surface area contributed by atoms with Crippen LogP contribution in [0.25, 0.3) is 0 Å². The maximum absolute atomic E-state index is 10.2. The van der Waals surface area contributed by atoms with Crippen LogP contribution in [-0.4, -0.2) is 20.4 Å². The normalized spacial score (nSPS) is 31.8. The van der Waals surface area contributed by atoms with Crippen LogP contribution in [0.1, 0.15) is 58.1 Å². The van der Waals surface area contributed by atoms with E-state index < -0.39 is 0 Å². The number of phenols is 2. The molecule has 4 nitrogen and oxygen atoms in total. The van der Waals surface area contributed by atoms with Gasteiger partial charge >= 0.3 is 0 Å². The summed E-state index contributed by atoms with van der Waals surface area (Å²) in [7, 11) is 0. The first-order valence-electron chi connectivity index (χ1n) is 8.88. The zero-order valence-electron chi connectivity index (χ0n) is 15.2. The third-order valence-electron chi connectivity index (χ3n) is 6.72. The standard InChI is InChI=1S/C21H26O4/c1-19(2)9-21(13-7-17(24)15(22)5-11(13)19)10-20(3,4)12-6-16(23)18(25)8-14(12)21/h5,7-8,12,22-25H,6,9-10H2,1-4H3/t12?,21-/m0/s1. The molecule has 0 radical (unpaired) electrons. The van der Waals surface area contributed by atoms with Crippen molar-refractivity contribution in [3.63, 3.8) is 0 Å². The second-order valence-corrected chi connectivity index (χ2v) is 9.38. The molecule has 134 valence electrons. The molecule has 1 spiro atoms. The van der Waals surface area contributed by atoms with E-state index in [0.29, 0.717) is 6.42 Å². The van der Waals surface area contributed by atoms with E-state index in [1.54, 1.807) is 18.2 Å². The Morgan fingerprint density at radius 2 is 1.48 bits per heavy atom. The maximum Gasteiger partial charge on any atom is 0.157 e. The molecule has 2 atom stereocenters. The van der Waals surface area contributed by atoms with Gasteiger partial charge in [-0.3, -0.25) is 0 Å². The molecule has 1 unspecified atom stereocenters. The van der Waals surface area contributed by atoms with E-state index in [-0.39, 0.29) is 45.2 Å². The lowest BCUT2D eigenvalue weighted by atomic mass is 9.72. The zero-order chi connectivity index (χ0) is 18.4. The summed E-state index contributed by atoms with van der Waals surface area (Å²) in [4.78, 5) is 0. The predicted molar refractivity (Wildman–Crippen MR) is 96.0 cm³/mol. The summed E-state index contributed by atoms with van der Waals surface area (Å²) >= 11 is 0. The van der Waals surface area contributed by atoms with Gasteiger partial charge in [0.2, 0.25) is 0 Å². The molecule has 0 heterocycles. The van der Waals surface area contributed by atoms with Gasteiger partial charge in [-0.05, 0) is 58.9 Å². The van der Waals surface area contributed by atoms with Crippen LogP contribution < -0.4 is 0 Å². The number of aromatic hydroxyl groups is 2. The number of aliphatic hydroxyl groups excluding tert-OH is 2. The highest BCUT2D eigenvalue weighted by Gasteiger charge is 2.60. The van der Waals surface area contributed by atoms with Crippen LogP contribution in [0.5, 0.6) is 11.5 Å². The number of fused-ring (bicyclic) bond motifs is 4. The van der Waals surface area contributed by atoms with Gasteiger partial charge in [-0.1, -0.05) is 33.3 Å². The lowest BCUT2D eigenvalue weighted by Gasteiger charge is -2.32. The highest BCUT2D eigenvalue weighted by Crippen LogP contribution is 2.68. The number of aliphatic hydroxyl groups is 2. The van der Waals surface area contributed by atoms with Crippen molar-refractivity contribution in [3.05, 3.63) is 46.4 Å². The summed E-state index contributed by atoms with van der Waals surface area (Å²) in [6, 6.07) is 3.39. The fourth-order valence-corrected chi connectivity index (χ4v) is 5.80. The lowest BCUT2D eigenvalue weighted by Crippen LogP contribution is -2.26. The summed E-state index contributed by atoms with van der Waals surface area (Å²) in [6.45, 7) is 8.74. The average molecular weight is 342 g/mol. The van der Waals surface area contributed by atoms with Crippen molar-refractivity contribution in [2.45, 2.75) is 57.8 Å². The van der Waals surface area contributed by atoms with Crippen molar-refractivity contribution < 1.29 is 20.4 Å². The van der Waals surface area contributed by atoms with Crippen molar-refractivity contribution in [2.24, 2.45) is 11.3 Å². The molecule has 1 saturated carbocycles. The number of rotatable bonds is 0. The molecule has 25 heavy (non-hydrogen) atoms. The predicted octanol–water partition coefficient (Wildman–Crippen LogP) is 4.72. The van der Waals surface area contributed by atoms with Gasteiger partial charge < -0.3 is 20.4 Å². The monoisotopic (exact) mass is 342 g/mol. The van der Waals surface area contributed by atoms with Crippen molar-refractivity contribution >= 4 is 0 Å². The molecule has 4 rings (SSSR count). The molecule has 1 aromatic rings. The first kappa shape index (κ1) is 16.4. The Morgan fingerprint density at radius 1 is 0.880 bits per heavy atom. The molecular weight excluding hydrogens is 316 g/mol. The fraction of sp³-hybridized carbons (Fsp3) is 0.524. The largest absolute Gasteiger partial charge is 0.508 e. The fourth-order valence-electron chi connectivity index (χ4n) is 5.80. The number of phenolic OH excluding ortho intramolecular Hbond substituents is 2. The Morgan fingerprint density at radius 3 is 2.12 bits per heavy atom. The van der Waals surface area contributed by atoms with Gasteiger partial charge in [0, 0.05) is 11.8 Å². The van der Waals surface area contributed by atoms with E-state index in [1.807, 2.05) is 0 Å². The van der Waals surface area contributed by atoms with Gasteiger partial charge in [-0.15, -0.1) is 0 Å². The van der Waals surface area contributed by atoms with Crippen LogP contribution in [0, 0.1) is 11.3 Å². The van der Waals surface area contributed by atoms with Crippen molar-refractivity contribution in [2.75, 3.05) is 0 Å². The van der Waals surface area contributed by atoms with Crippen molar-refractivity contribution in [1.29, 1.82) is 0 Å². The van der Waals surface area contributed by atoms with E-state index in [2.05, 4.69) is 27.7 Å². The maximum atomic E-state index is 10.2. The third kappa shape index (κ3) is 2.00. The number of hydrogen-bond donors (Lipinski definition) is 4. The van der Waals surface area contributed by atoms with E-state index in [1.165, 1.54) is 0 Å². The molecule has 0 aliphatic heterocycles. The van der Waals surface area contributed by atoms with Crippen molar-refractivity contribution in [3.8, 4) is 11.5 Å². The lowest BCUT2D eigenvalue weighted by molar-refractivity contribution is 0.224. The van der Waals surface area contributed by atoms with Gasteiger partial charge in [0.25, 0.3) is 0 Å². The summed E-state index contributed by atoms with van der Waals surface area (Å²) in [6.07, 6.45) is 3.94. The minimum Gasteiger partial charge on any atom is -0.508 e. The SMILES string of the molecule is CC1(C)C[C@]2(CC(C)(C)C3CC(O)=C(O)C=C32)c2cc(O)c(O)cc21. The van der Waals surface area contributed by atoms with Gasteiger partial charge in [0.05, 0.1) is 0 Å². The Hall–Kier alpha value is -2.10. The molecule has 4 heteroatoms. The molecule has 0 amide bonds. The minimum absolute atomic E-state index is 0.0360. The summed E-state index contributed by atoms with van der Waals surface area (Å²) in [5, 5.41) is 40.4. The Bertz CT molecular complexity index is 844. The molecular formula is C21H26O4. The second kappa shape index (κ2) is 4.54. The minimum atomic E-state index is -0.285. The van der Waals surface area contributed by atoms with Crippen LogP contribution in [0.2, 0.25) is 0 Å². The number of benzene rings is 1. The van der Waals surface area contributed by atoms with Gasteiger partial charge in [0.1, 0.15) is 5.76 Å². The summed E-state index contributed by atoms with van der Waals surface area (Å²) in [5.74, 6) is -0.0182. The van der Waals surface area contributed by atoms with E-state index in [9.17, 15) is 20.4 Å². The molecule has 0 aromatic heterocycles. The first-order valence-corrected chi connectivity index (χ1v) is 8.88. The summed E-state index contributed by atoms with van der Waals surface area (Å²) in [5.41, 5.74) is 2.77. The van der Waals surface area contributed by atoms with Crippen molar-refractivity contribution in [1.82, 2.24) is 0 Å². The summed E-state index contributed by atoms with van der Waals surface area (Å²) < 4.78 is 0. The Kier molecular flexibility index (Phi) is 2.97. The van der Waals surface area contributed by atoms with Crippen LogP contribution in [0.4, 0.5) is 0 Å². The molecule has 0 bridgehead atoms.